The Morgan fingerprint density at radius 2 is 2.27 bits per heavy atom. The maximum absolute atomic E-state index is 12.6. The highest BCUT2D eigenvalue weighted by atomic mass is 32.1. The quantitative estimate of drug-likeness (QED) is 0.903. The molecule has 1 N–H and O–H groups in total. The van der Waals surface area contributed by atoms with E-state index in [2.05, 4.69) is 27.0 Å². The lowest BCUT2D eigenvalue weighted by atomic mass is 9.82. The first-order chi connectivity index (χ1) is 10.8. The fraction of sp³-hybridized carbons (Fsp3) is 0.706. The van der Waals surface area contributed by atoms with Crippen LogP contribution in [-0.4, -0.2) is 43.2 Å². The maximum atomic E-state index is 12.6. The molecule has 0 bridgehead atoms. The van der Waals surface area contributed by atoms with E-state index >= 15 is 0 Å². The van der Waals surface area contributed by atoms with Crippen LogP contribution >= 0.6 is 11.3 Å². The van der Waals surface area contributed by atoms with Crippen LogP contribution in [0.5, 0.6) is 0 Å². The van der Waals surface area contributed by atoms with Crippen LogP contribution in [-0.2, 0) is 16.1 Å². The van der Waals surface area contributed by atoms with Gasteiger partial charge in [-0.1, -0.05) is 0 Å². The minimum absolute atomic E-state index is 0.0960. The van der Waals surface area contributed by atoms with Gasteiger partial charge in [-0.05, 0) is 47.6 Å². The molecule has 2 aliphatic heterocycles. The van der Waals surface area contributed by atoms with Gasteiger partial charge in [0.1, 0.15) is 0 Å². The van der Waals surface area contributed by atoms with Crippen molar-refractivity contribution >= 4 is 17.2 Å². The van der Waals surface area contributed by atoms with Gasteiger partial charge in [-0.25, -0.2) is 0 Å². The minimum Gasteiger partial charge on any atom is -0.377 e. The third-order valence-corrected chi connectivity index (χ3v) is 5.99. The number of nitrogens with zero attached hydrogens (tertiary/aromatic N) is 1. The molecule has 0 spiro atoms. The summed E-state index contributed by atoms with van der Waals surface area (Å²) in [6.07, 6.45) is 3.84. The predicted octanol–water partition coefficient (Wildman–Crippen LogP) is 2.11. The molecule has 3 aliphatic rings. The van der Waals surface area contributed by atoms with Gasteiger partial charge in [-0.3, -0.25) is 9.69 Å². The van der Waals surface area contributed by atoms with E-state index in [0.29, 0.717) is 5.92 Å². The van der Waals surface area contributed by atoms with Crippen LogP contribution in [0.2, 0.25) is 0 Å². The van der Waals surface area contributed by atoms with Crippen molar-refractivity contribution in [1.29, 1.82) is 0 Å². The van der Waals surface area contributed by atoms with Crippen LogP contribution in [0.4, 0.5) is 0 Å². The lowest BCUT2D eigenvalue weighted by molar-refractivity contribution is -0.131. The summed E-state index contributed by atoms with van der Waals surface area (Å²) < 4.78 is 5.91. The second-order valence-electron chi connectivity index (χ2n) is 6.98. The Kier molecular flexibility index (Phi) is 4.20. The number of hydrogen-bond acceptors (Lipinski definition) is 4. The van der Waals surface area contributed by atoms with Crippen molar-refractivity contribution in [3.63, 3.8) is 0 Å². The Bertz CT molecular complexity index is 515. The SMILES string of the molecule is O=C(NCC1CC1)[C@H]1CN(Cc2ccsc2)C[C@H]2OCC[C@@H]12. The van der Waals surface area contributed by atoms with Crippen LogP contribution in [0.1, 0.15) is 24.8 Å². The summed E-state index contributed by atoms with van der Waals surface area (Å²) in [6.45, 7) is 4.46. The summed E-state index contributed by atoms with van der Waals surface area (Å²) in [6, 6.07) is 2.18. The first-order valence-corrected chi connectivity index (χ1v) is 9.36. The molecule has 2 saturated heterocycles. The van der Waals surface area contributed by atoms with Gasteiger partial charge in [0.25, 0.3) is 0 Å². The van der Waals surface area contributed by atoms with Crippen LogP contribution in [0.3, 0.4) is 0 Å². The van der Waals surface area contributed by atoms with Gasteiger partial charge < -0.3 is 10.1 Å². The smallest absolute Gasteiger partial charge is 0.224 e. The first-order valence-electron chi connectivity index (χ1n) is 8.42. The molecular formula is C17H24N2O2S. The molecule has 0 aromatic carbocycles. The molecule has 120 valence electrons. The molecule has 1 amide bonds. The highest BCUT2D eigenvalue weighted by molar-refractivity contribution is 7.07. The molecule has 3 atom stereocenters. The van der Waals surface area contributed by atoms with Crippen LogP contribution < -0.4 is 5.32 Å². The Morgan fingerprint density at radius 3 is 3.05 bits per heavy atom. The van der Waals surface area contributed by atoms with Crippen molar-refractivity contribution in [3.8, 4) is 0 Å². The molecule has 5 heteroatoms. The molecule has 4 rings (SSSR count). The Labute approximate surface area is 135 Å². The molecule has 1 saturated carbocycles. The summed E-state index contributed by atoms with van der Waals surface area (Å²) in [5, 5.41) is 7.50. The number of piperidine rings is 1. The van der Waals surface area contributed by atoms with E-state index < -0.39 is 0 Å². The van der Waals surface area contributed by atoms with Crippen molar-refractivity contribution < 1.29 is 9.53 Å². The summed E-state index contributed by atoms with van der Waals surface area (Å²) in [4.78, 5) is 15.0. The molecule has 0 radical (unpaired) electrons. The summed E-state index contributed by atoms with van der Waals surface area (Å²) in [5.41, 5.74) is 1.35. The van der Waals surface area contributed by atoms with Gasteiger partial charge in [-0.15, -0.1) is 0 Å². The molecule has 1 aromatic rings. The number of amides is 1. The van der Waals surface area contributed by atoms with E-state index in [1.165, 1.54) is 18.4 Å². The fourth-order valence-corrected chi connectivity index (χ4v) is 4.46. The summed E-state index contributed by atoms with van der Waals surface area (Å²) >= 11 is 1.74. The van der Waals surface area contributed by atoms with E-state index in [4.69, 9.17) is 4.74 Å². The van der Waals surface area contributed by atoms with Gasteiger partial charge in [0, 0.05) is 38.7 Å². The van der Waals surface area contributed by atoms with Gasteiger partial charge in [0.2, 0.25) is 5.91 Å². The number of fused-ring (bicyclic) bond motifs is 1. The van der Waals surface area contributed by atoms with Gasteiger partial charge in [-0.2, -0.15) is 11.3 Å². The van der Waals surface area contributed by atoms with E-state index in [1.54, 1.807) is 11.3 Å². The second-order valence-corrected chi connectivity index (χ2v) is 7.76. The standard InChI is InChI=1S/C17H24N2O2S/c20-17(18-7-12-1-2-12)15-9-19(8-13-4-6-22-11-13)10-16-14(15)3-5-21-16/h4,6,11-12,14-16H,1-3,5,7-10H2,(H,18,20)/t14-,15-,16+/m0/s1. The molecule has 4 nitrogen and oxygen atoms in total. The van der Waals surface area contributed by atoms with E-state index in [9.17, 15) is 4.79 Å². The topological polar surface area (TPSA) is 41.6 Å². The molecule has 22 heavy (non-hydrogen) atoms. The number of carbonyl (C=O) groups excluding carboxylic acids is 1. The number of thiophene rings is 1. The van der Waals surface area contributed by atoms with Gasteiger partial charge in [0.05, 0.1) is 12.0 Å². The van der Waals surface area contributed by atoms with E-state index in [-0.39, 0.29) is 17.9 Å². The van der Waals surface area contributed by atoms with Crippen molar-refractivity contribution in [2.24, 2.45) is 17.8 Å². The molecule has 0 unspecified atom stereocenters. The van der Waals surface area contributed by atoms with Crippen molar-refractivity contribution in [1.82, 2.24) is 10.2 Å². The minimum atomic E-state index is 0.0960. The van der Waals surface area contributed by atoms with Crippen LogP contribution in [0.15, 0.2) is 16.8 Å². The fourth-order valence-electron chi connectivity index (χ4n) is 3.80. The average Bonchev–Trinajstić information content (AvgIpc) is 2.98. The summed E-state index contributed by atoms with van der Waals surface area (Å²) in [5.74, 6) is 1.50. The summed E-state index contributed by atoms with van der Waals surface area (Å²) in [7, 11) is 0. The Hall–Kier alpha value is -0.910. The monoisotopic (exact) mass is 320 g/mol. The second kappa shape index (κ2) is 6.30. The zero-order valence-electron chi connectivity index (χ0n) is 12.9. The first kappa shape index (κ1) is 14.7. The molecule has 3 fully saturated rings. The van der Waals surface area contributed by atoms with E-state index in [0.717, 1.165) is 45.1 Å². The highest BCUT2D eigenvalue weighted by Gasteiger charge is 2.44. The van der Waals surface area contributed by atoms with E-state index in [1.807, 2.05) is 0 Å². The van der Waals surface area contributed by atoms with Crippen molar-refractivity contribution in [2.45, 2.75) is 31.9 Å². The number of likely N-dealkylation sites (tertiary alicyclic amines) is 1. The van der Waals surface area contributed by atoms with Gasteiger partial charge in [0.15, 0.2) is 0 Å². The van der Waals surface area contributed by atoms with Crippen molar-refractivity contribution in [3.05, 3.63) is 22.4 Å². The lowest BCUT2D eigenvalue weighted by Crippen LogP contribution is -2.52. The van der Waals surface area contributed by atoms with Crippen LogP contribution in [0.25, 0.3) is 0 Å². The number of nitrogens with one attached hydrogen (secondary N) is 1. The highest BCUT2D eigenvalue weighted by Crippen LogP contribution is 2.35. The lowest BCUT2D eigenvalue weighted by Gasteiger charge is -2.39. The predicted molar refractivity (Wildman–Crippen MR) is 86.7 cm³/mol. The van der Waals surface area contributed by atoms with Crippen LogP contribution in [0, 0.1) is 17.8 Å². The van der Waals surface area contributed by atoms with Crippen molar-refractivity contribution in [2.75, 3.05) is 26.2 Å². The number of rotatable bonds is 5. The zero-order chi connectivity index (χ0) is 14.9. The molecule has 1 aliphatic carbocycles. The molecule has 1 aromatic heterocycles. The maximum Gasteiger partial charge on any atom is 0.224 e. The van der Waals surface area contributed by atoms with Gasteiger partial charge >= 0.3 is 0 Å². The molecular weight excluding hydrogens is 296 g/mol. The average molecular weight is 320 g/mol. The zero-order valence-corrected chi connectivity index (χ0v) is 13.7. The largest absolute Gasteiger partial charge is 0.377 e. The Balaban J connectivity index is 1.41. The number of ether oxygens (including phenoxy) is 1. The molecule has 3 heterocycles. The Morgan fingerprint density at radius 1 is 1.36 bits per heavy atom. The number of hydrogen-bond donors (Lipinski definition) is 1. The third kappa shape index (κ3) is 3.21. The normalized spacial score (nSPS) is 31.9. The third-order valence-electron chi connectivity index (χ3n) is 5.26. The number of carbonyl (C=O) groups is 1.